The topological polar surface area (TPSA) is 111 Å². The number of hydrogen-bond donors (Lipinski definition) is 2. The Morgan fingerprint density at radius 3 is 2.65 bits per heavy atom. The predicted molar refractivity (Wildman–Crippen MR) is 63.2 cm³/mol. The van der Waals surface area contributed by atoms with E-state index in [-0.39, 0.29) is 10.6 Å². The lowest BCUT2D eigenvalue weighted by Crippen LogP contribution is -2.16. The van der Waals surface area contributed by atoms with E-state index in [4.69, 9.17) is 9.88 Å². The van der Waals surface area contributed by atoms with Crippen LogP contribution in [-0.4, -0.2) is 21.6 Å². The summed E-state index contributed by atoms with van der Waals surface area (Å²) < 4.78 is 30.3. The minimum atomic E-state index is -3.96. The lowest BCUT2D eigenvalue weighted by molar-refractivity contribution is 0.260. The van der Waals surface area contributed by atoms with Crippen molar-refractivity contribution in [1.82, 2.24) is 0 Å². The summed E-state index contributed by atoms with van der Waals surface area (Å²) in [7, 11) is -2.56. The molecule has 0 fully saturated rings. The van der Waals surface area contributed by atoms with Crippen molar-refractivity contribution in [3.05, 3.63) is 18.2 Å². The molecule has 17 heavy (non-hydrogen) atoms. The number of ether oxygens (including phenoxy) is 1. The number of amides is 2. The molecule has 9 heteroatoms. The number of nitrogens with one attached hydrogen (secondary N) is 1. The van der Waals surface area contributed by atoms with Crippen molar-refractivity contribution in [1.29, 1.82) is 0 Å². The van der Waals surface area contributed by atoms with Crippen molar-refractivity contribution in [2.24, 2.45) is 9.50 Å². The quantitative estimate of drug-likeness (QED) is 0.839. The van der Waals surface area contributed by atoms with E-state index in [0.717, 1.165) is 0 Å². The first kappa shape index (κ1) is 13.5. The van der Waals surface area contributed by atoms with E-state index in [1.165, 1.54) is 25.3 Å². The molecule has 0 unspecified atom stereocenters. The van der Waals surface area contributed by atoms with Crippen molar-refractivity contribution in [2.75, 3.05) is 12.4 Å². The zero-order valence-corrected chi connectivity index (χ0v) is 10.3. The summed E-state index contributed by atoms with van der Waals surface area (Å²) in [5.74, 6) is 0.358. The van der Waals surface area contributed by atoms with Gasteiger partial charge >= 0.3 is 6.03 Å². The van der Waals surface area contributed by atoms with Crippen LogP contribution in [0.2, 0.25) is 0 Å². The molecule has 0 spiro atoms. The molecule has 0 aromatic heterocycles. The van der Waals surface area contributed by atoms with Gasteiger partial charge in [0.05, 0.1) is 12.8 Å². The molecule has 0 radical (unpaired) electrons. The molecule has 3 N–H and O–H groups in total. The fourth-order valence-corrected chi connectivity index (χ4v) is 1.84. The number of hydrogen-bond acceptors (Lipinski definition) is 5. The summed E-state index contributed by atoms with van der Waals surface area (Å²) in [6.07, 6.45) is 0. The van der Waals surface area contributed by atoms with Gasteiger partial charge in [-0.1, -0.05) is 0 Å². The second-order valence-corrected chi connectivity index (χ2v) is 4.64. The lowest BCUT2D eigenvalue weighted by Gasteiger charge is -2.09. The van der Waals surface area contributed by atoms with Gasteiger partial charge in [-0.25, -0.2) is 18.4 Å². The fraction of sp³-hybridized carbons (Fsp3) is 0.125. The van der Waals surface area contributed by atoms with Crippen LogP contribution >= 0.6 is 0 Å². The van der Waals surface area contributed by atoms with Crippen LogP contribution in [-0.2, 0) is 22.4 Å². The first-order valence-electron chi connectivity index (χ1n) is 4.23. The molecule has 1 rings (SSSR count). The molecule has 1 aromatic carbocycles. The second-order valence-electron chi connectivity index (χ2n) is 2.93. The third-order valence-corrected chi connectivity index (χ3v) is 2.95. The zero-order chi connectivity index (χ0) is 13.1. The van der Waals surface area contributed by atoms with Crippen molar-refractivity contribution in [3.63, 3.8) is 0 Å². The van der Waals surface area contributed by atoms with Gasteiger partial charge < -0.3 is 10.1 Å². The normalized spacial score (nSPS) is 10.7. The molecule has 0 bridgehead atoms. The molecule has 2 amide bonds. The van der Waals surface area contributed by atoms with Crippen LogP contribution in [0, 0.1) is 0 Å². The van der Waals surface area contributed by atoms with E-state index in [9.17, 15) is 13.2 Å². The molecule has 92 valence electrons. The molecule has 0 saturated carbocycles. The van der Waals surface area contributed by atoms with Gasteiger partial charge in [-0.05, 0) is 12.1 Å². The number of sulfonamides is 1. The fourth-order valence-electron chi connectivity index (χ4n) is 1.12. The SMILES string of the molecule is COc1ccc(S(N)(=O)=O)c(NC(=O)N=S)c1. The van der Waals surface area contributed by atoms with Gasteiger partial charge in [-0.2, -0.15) is 0 Å². The maximum Gasteiger partial charge on any atom is 0.356 e. The first-order chi connectivity index (χ1) is 7.88. The number of benzene rings is 1. The van der Waals surface area contributed by atoms with Gasteiger partial charge in [0.25, 0.3) is 0 Å². The van der Waals surface area contributed by atoms with E-state index in [0.29, 0.717) is 5.75 Å². The lowest BCUT2D eigenvalue weighted by atomic mass is 10.3. The Labute approximate surface area is 103 Å². The average molecular weight is 275 g/mol. The van der Waals surface area contributed by atoms with Crippen molar-refractivity contribution >= 4 is 34.2 Å². The highest BCUT2D eigenvalue weighted by molar-refractivity contribution is 7.89. The standard InChI is InChI=1S/C8H9N3O4S2/c1-15-5-2-3-7(17(9,13)14)6(4-5)10-8(12)11-16/h2-4H,1H3,(H,10,12)(H2,9,13,14). The van der Waals surface area contributed by atoms with Crippen LogP contribution in [0.5, 0.6) is 5.75 Å². The van der Waals surface area contributed by atoms with E-state index in [1.54, 1.807) is 0 Å². The van der Waals surface area contributed by atoms with E-state index >= 15 is 0 Å². The number of nitrogens with two attached hydrogens (primary N) is 1. The smallest absolute Gasteiger partial charge is 0.356 e. The number of nitrogens with zero attached hydrogens (tertiary/aromatic N) is 1. The summed E-state index contributed by atoms with van der Waals surface area (Å²) in [5, 5.41) is 7.18. The van der Waals surface area contributed by atoms with Crippen LogP contribution in [0.25, 0.3) is 0 Å². The average Bonchev–Trinajstić information content (AvgIpc) is 2.27. The summed E-state index contributed by atoms with van der Waals surface area (Å²) in [6, 6.07) is 3.06. The number of carbonyl (C=O) groups excluding carboxylic acids is 1. The van der Waals surface area contributed by atoms with E-state index in [1.807, 2.05) is 0 Å². The molecule has 0 saturated heterocycles. The Balaban J connectivity index is 3.31. The number of methoxy groups -OCH3 is 1. The van der Waals surface area contributed by atoms with Crippen LogP contribution in [0.3, 0.4) is 0 Å². The van der Waals surface area contributed by atoms with Gasteiger partial charge in [0, 0.05) is 18.5 Å². The molecule has 0 aliphatic carbocycles. The molecule has 0 aliphatic rings. The third kappa shape index (κ3) is 3.44. The van der Waals surface area contributed by atoms with Gasteiger partial charge in [0.2, 0.25) is 10.0 Å². The van der Waals surface area contributed by atoms with E-state index in [2.05, 4.69) is 22.1 Å². The summed E-state index contributed by atoms with van der Waals surface area (Å²) in [6.45, 7) is 0. The zero-order valence-electron chi connectivity index (χ0n) is 8.71. The second kappa shape index (κ2) is 5.17. The van der Waals surface area contributed by atoms with Crippen molar-refractivity contribution in [3.8, 4) is 5.75 Å². The summed E-state index contributed by atoms with van der Waals surface area (Å²) >= 11 is 4.17. The van der Waals surface area contributed by atoms with Crippen LogP contribution in [0.15, 0.2) is 27.5 Å². The highest BCUT2D eigenvalue weighted by atomic mass is 32.2. The van der Waals surface area contributed by atoms with Gasteiger partial charge in [-0.3, -0.25) is 0 Å². The largest absolute Gasteiger partial charge is 0.497 e. The maximum atomic E-state index is 11.3. The minimum absolute atomic E-state index is 0.0366. The number of carbonyl (C=O) groups is 1. The predicted octanol–water partition coefficient (Wildman–Crippen LogP) is 0.605. The molecule has 0 aliphatic heterocycles. The Kier molecular flexibility index (Phi) is 4.10. The minimum Gasteiger partial charge on any atom is -0.497 e. The van der Waals surface area contributed by atoms with Crippen LogP contribution in [0.1, 0.15) is 0 Å². The number of anilines is 1. The van der Waals surface area contributed by atoms with Gasteiger partial charge in [0.1, 0.15) is 10.6 Å². The molecule has 0 atom stereocenters. The van der Waals surface area contributed by atoms with Crippen molar-refractivity contribution in [2.45, 2.75) is 4.90 Å². The third-order valence-electron chi connectivity index (χ3n) is 1.82. The van der Waals surface area contributed by atoms with Crippen LogP contribution in [0.4, 0.5) is 10.5 Å². The highest BCUT2D eigenvalue weighted by Crippen LogP contribution is 2.25. The number of rotatable bonds is 3. The molecule has 1 aromatic rings. The summed E-state index contributed by atoms with van der Waals surface area (Å²) in [4.78, 5) is 10.8. The first-order valence-corrected chi connectivity index (χ1v) is 6.15. The van der Waals surface area contributed by atoms with Gasteiger partial charge in [0.15, 0.2) is 0 Å². The maximum absolute atomic E-state index is 11.3. The Hall–Kier alpha value is -1.58. The van der Waals surface area contributed by atoms with E-state index < -0.39 is 16.1 Å². The summed E-state index contributed by atoms with van der Waals surface area (Å²) in [5.41, 5.74) is -0.0366. The van der Waals surface area contributed by atoms with Gasteiger partial charge in [-0.15, -0.1) is 4.36 Å². The molecular weight excluding hydrogens is 266 g/mol. The monoisotopic (exact) mass is 275 g/mol. The Morgan fingerprint density at radius 2 is 2.18 bits per heavy atom. The molecule has 7 nitrogen and oxygen atoms in total. The Morgan fingerprint density at radius 1 is 1.53 bits per heavy atom. The number of primary sulfonamides is 1. The Bertz CT molecular complexity index is 556. The highest BCUT2D eigenvalue weighted by Gasteiger charge is 2.16. The number of urea groups is 1. The molecule has 0 heterocycles. The molecular formula is C8H9N3O4S2. The van der Waals surface area contributed by atoms with Crippen molar-refractivity contribution < 1.29 is 17.9 Å². The van der Waals surface area contributed by atoms with Crippen LogP contribution < -0.4 is 15.2 Å².